The zero-order chi connectivity index (χ0) is 9.42. The van der Waals surface area contributed by atoms with Gasteiger partial charge in [0.2, 0.25) is 0 Å². The van der Waals surface area contributed by atoms with Crippen molar-refractivity contribution in [2.45, 2.75) is 6.42 Å². The molecule has 0 atom stereocenters. The molecular weight excluding hydrogens is 168 g/mol. The van der Waals surface area contributed by atoms with Crippen molar-refractivity contribution in [2.75, 3.05) is 17.2 Å². The highest BCUT2D eigenvalue weighted by Crippen LogP contribution is 2.29. The minimum atomic E-state index is -0.900. The molecule has 1 aliphatic rings. The molecule has 0 radical (unpaired) electrons. The van der Waals surface area contributed by atoms with Crippen LogP contribution in [0.5, 0.6) is 0 Å². The quantitative estimate of drug-likeness (QED) is 0.588. The second kappa shape index (κ2) is 2.65. The van der Waals surface area contributed by atoms with E-state index in [4.69, 9.17) is 10.8 Å². The van der Waals surface area contributed by atoms with E-state index in [0.717, 1.165) is 17.7 Å². The summed E-state index contributed by atoms with van der Waals surface area (Å²) in [6, 6.07) is 5.31. The number of benzene rings is 1. The number of amides is 1. The summed E-state index contributed by atoms with van der Waals surface area (Å²) in [6.07, 6.45) is -0.143. The van der Waals surface area contributed by atoms with E-state index in [1.54, 1.807) is 12.1 Å². The largest absolute Gasteiger partial charge is 0.465 e. The van der Waals surface area contributed by atoms with Gasteiger partial charge in [0.15, 0.2) is 0 Å². The number of nitrogen functional groups attached to an aromatic ring is 1. The Bertz CT molecular complexity index is 363. The minimum absolute atomic E-state index is 0.536. The number of carboxylic acid groups (broad SMARTS) is 1. The maximum absolute atomic E-state index is 10.7. The summed E-state index contributed by atoms with van der Waals surface area (Å²) < 4.78 is 0. The normalized spacial score (nSPS) is 14.3. The molecule has 0 unspecified atom stereocenters. The molecule has 4 heteroatoms. The lowest BCUT2D eigenvalue weighted by molar-refractivity contribution is 0.202. The summed E-state index contributed by atoms with van der Waals surface area (Å²) in [5.74, 6) is 0. The SMILES string of the molecule is Nc1ccc2c(c1)CCN2C(=O)O. The second-order valence-electron chi connectivity index (χ2n) is 3.07. The molecule has 1 heterocycles. The number of anilines is 2. The molecule has 68 valence electrons. The molecule has 1 aliphatic heterocycles. The van der Waals surface area contributed by atoms with E-state index in [1.807, 2.05) is 6.07 Å². The monoisotopic (exact) mass is 178 g/mol. The summed E-state index contributed by atoms with van der Waals surface area (Å²) in [5, 5.41) is 8.82. The van der Waals surface area contributed by atoms with E-state index in [1.165, 1.54) is 4.90 Å². The number of carbonyl (C=O) groups is 1. The molecule has 0 bridgehead atoms. The molecule has 0 saturated carbocycles. The number of rotatable bonds is 0. The van der Waals surface area contributed by atoms with Gasteiger partial charge in [-0.1, -0.05) is 0 Å². The van der Waals surface area contributed by atoms with Crippen LogP contribution in [0.1, 0.15) is 5.56 Å². The first-order valence-electron chi connectivity index (χ1n) is 4.07. The lowest BCUT2D eigenvalue weighted by Crippen LogP contribution is -2.26. The zero-order valence-corrected chi connectivity index (χ0v) is 7.03. The number of fused-ring (bicyclic) bond motifs is 1. The topological polar surface area (TPSA) is 66.6 Å². The van der Waals surface area contributed by atoms with Crippen molar-refractivity contribution in [1.29, 1.82) is 0 Å². The van der Waals surface area contributed by atoms with Crippen LogP contribution in [-0.2, 0) is 6.42 Å². The van der Waals surface area contributed by atoms with Crippen LogP contribution in [0.15, 0.2) is 18.2 Å². The number of nitrogens with zero attached hydrogens (tertiary/aromatic N) is 1. The van der Waals surface area contributed by atoms with Crippen LogP contribution in [-0.4, -0.2) is 17.7 Å². The maximum atomic E-state index is 10.7. The Morgan fingerprint density at radius 2 is 2.31 bits per heavy atom. The zero-order valence-electron chi connectivity index (χ0n) is 7.03. The number of hydrogen-bond donors (Lipinski definition) is 2. The molecule has 1 aromatic rings. The molecule has 13 heavy (non-hydrogen) atoms. The third-order valence-corrected chi connectivity index (χ3v) is 2.23. The lowest BCUT2D eigenvalue weighted by atomic mass is 10.1. The van der Waals surface area contributed by atoms with Gasteiger partial charge in [-0.05, 0) is 30.2 Å². The maximum Gasteiger partial charge on any atom is 0.411 e. The first kappa shape index (κ1) is 7.91. The van der Waals surface area contributed by atoms with Gasteiger partial charge in [-0.3, -0.25) is 4.90 Å². The Hall–Kier alpha value is -1.71. The lowest BCUT2D eigenvalue weighted by Gasteiger charge is -2.12. The van der Waals surface area contributed by atoms with Gasteiger partial charge >= 0.3 is 6.09 Å². The highest BCUT2D eigenvalue weighted by Gasteiger charge is 2.23. The Morgan fingerprint density at radius 1 is 1.54 bits per heavy atom. The van der Waals surface area contributed by atoms with Crippen LogP contribution in [0.2, 0.25) is 0 Å². The van der Waals surface area contributed by atoms with E-state index in [0.29, 0.717) is 12.2 Å². The van der Waals surface area contributed by atoms with E-state index in [9.17, 15) is 4.79 Å². The van der Waals surface area contributed by atoms with Crippen molar-refractivity contribution in [3.05, 3.63) is 23.8 Å². The molecule has 0 aliphatic carbocycles. The molecule has 1 amide bonds. The fraction of sp³-hybridized carbons (Fsp3) is 0.222. The Kier molecular flexibility index (Phi) is 1.62. The third kappa shape index (κ3) is 1.20. The smallest absolute Gasteiger partial charge is 0.411 e. The van der Waals surface area contributed by atoms with Crippen molar-refractivity contribution < 1.29 is 9.90 Å². The van der Waals surface area contributed by atoms with Gasteiger partial charge in [0, 0.05) is 12.2 Å². The molecular formula is C9H10N2O2. The summed E-state index contributed by atoms with van der Waals surface area (Å²) in [5.41, 5.74) is 8.05. The second-order valence-corrected chi connectivity index (χ2v) is 3.07. The van der Waals surface area contributed by atoms with Gasteiger partial charge < -0.3 is 10.8 Å². The van der Waals surface area contributed by atoms with Crippen LogP contribution in [0, 0.1) is 0 Å². The van der Waals surface area contributed by atoms with E-state index in [2.05, 4.69) is 0 Å². The van der Waals surface area contributed by atoms with Crippen molar-refractivity contribution in [3.63, 3.8) is 0 Å². The average Bonchev–Trinajstić information content (AvgIpc) is 2.46. The van der Waals surface area contributed by atoms with Gasteiger partial charge in [-0.2, -0.15) is 0 Å². The highest BCUT2D eigenvalue weighted by atomic mass is 16.4. The molecule has 0 fully saturated rings. The summed E-state index contributed by atoms with van der Waals surface area (Å²) in [7, 11) is 0. The number of hydrogen-bond acceptors (Lipinski definition) is 2. The molecule has 0 aromatic heterocycles. The van der Waals surface area contributed by atoms with E-state index >= 15 is 0 Å². The molecule has 3 N–H and O–H groups in total. The van der Waals surface area contributed by atoms with Crippen LogP contribution < -0.4 is 10.6 Å². The predicted molar refractivity (Wildman–Crippen MR) is 49.9 cm³/mol. The first-order chi connectivity index (χ1) is 6.18. The van der Waals surface area contributed by atoms with Crippen molar-refractivity contribution in [1.82, 2.24) is 0 Å². The Balaban J connectivity index is 2.44. The van der Waals surface area contributed by atoms with Gasteiger partial charge in [-0.15, -0.1) is 0 Å². The first-order valence-corrected chi connectivity index (χ1v) is 4.07. The van der Waals surface area contributed by atoms with Gasteiger partial charge in [0.1, 0.15) is 0 Å². The molecule has 0 spiro atoms. The molecule has 1 aromatic carbocycles. The summed E-state index contributed by atoms with van der Waals surface area (Å²) in [6.45, 7) is 0.536. The van der Waals surface area contributed by atoms with Gasteiger partial charge in [0.25, 0.3) is 0 Å². The Morgan fingerprint density at radius 3 is 3.00 bits per heavy atom. The number of nitrogens with two attached hydrogens (primary N) is 1. The summed E-state index contributed by atoms with van der Waals surface area (Å²) in [4.78, 5) is 12.1. The van der Waals surface area contributed by atoms with Gasteiger partial charge in [0.05, 0.1) is 5.69 Å². The van der Waals surface area contributed by atoms with Crippen molar-refractivity contribution in [3.8, 4) is 0 Å². The fourth-order valence-corrected chi connectivity index (χ4v) is 1.62. The Labute approximate surface area is 75.6 Å². The minimum Gasteiger partial charge on any atom is -0.465 e. The molecule has 0 saturated heterocycles. The van der Waals surface area contributed by atoms with Crippen LogP contribution >= 0.6 is 0 Å². The average molecular weight is 178 g/mol. The highest BCUT2D eigenvalue weighted by molar-refractivity contribution is 5.89. The standard InChI is InChI=1S/C9H10N2O2/c10-7-1-2-8-6(5-7)3-4-11(8)9(12)13/h1-2,5H,3-4,10H2,(H,12,13). The predicted octanol–water partition coefficient (Wildman–Crippen LogP) is 1.31. The van der Waals surface area contributed by atoms with E-state index in [-0.39, 0.29) is 0 Å². The third-order valence-electron chi connectivity index (χ3n) is 2.23. The summed E-state index contributed by atoms with van der Waals surface area (Å²) >= 11 is 0. The van der Waals surface area contributed by atoms with Crippen LogP contribution in [0.4, 0.5) is 16.2 Å². The van der Waals surface area contributed by atoms with Crippen LogP contribution in [0.25, 0.3) is 0 Å². The van der Waals surface area contributed by atoms with Gasteiger partial charge in [-0.25, -0.2) is 4.79 Å². The molecule has 2 rings (SSSR count). The van der Waals surface area contributed by atoms with Crippen molar-refractivity contribution in [2.24, 2.45) is 0 Å². The van der Waals surface area contributed by atoms with E-state index < -0.39 is 6.09 Å². The van der Waals surface area contributed by atoms with Crippen molar-refractivity contribution >= 4 is 17.5 Å². The fourth-order valence-electron chi connectivity index (χ4n) is 1.62. The van der Waals surface area contributed by atoms with Crippen LogP contribution in [0.3, 0.4) is 0 Å². The molecule has 4 nitrogen and oxygen atoms in total.